The highest BCUT2D eigenvalue weighted by atomic mass is 16.3. The standard InChI is InChI=1S/C22H22N2O/c1-2-4-19-18(3-1)20(9-10-22(19)11-12-22)24-13-16-5-7-17(8-6-16)21-14-23-15-25-21/h1-8,14-15,20,24H,9-13H2. The minimum Gasteiger partial charge on any atom is -0.444 e. The Kier molecular flexibility index (Phi) is 3.49. The molecule has 1 spiro atoms. The maximum atomic E-state index is 5.35. The van der Waals surface area contributed by atoms with Gasteiger partial charge < -0.3 is 9.73 Å². The lowest BCUT2D eigenvalue weighted by Gasteiger charge is -2.32. The molecule has 0 saturated heterocycles. The Bertz CT molecular complexity index is 863. The molecule has 1 unspecified atom stereocenters. The summed E-state index contributed by atoms with van der Waals surface area (Å²) in [4.78, 5) is 3.98. The van der Waals surface area contributed by atoms with Crippen molar-refractivity contribution in [1.29, 1.82) is 0 Å². The van der Waals surface area contributed by atoms with Gasteiger partial charge in [0.2, 0.25) is 0 Å². The van der Waals surface area contributed by atoms with Gasteiger partial charge in [0.25, 0.3) is 0 Å². The Morgan fingerprint density at radius 3 is 2.64 bits per heavy atom. The van der Waals surface area contributed by atoms with Crippen molar-refractivity contribution in [3.8, 4) is 11.3 Å². The molecular weight excluding hydrogens is 308 g/mol. The fraction of sp³-hybridized carbons (Fsp3) is 0.318. The van der Waals surface area contributed by atoms with Crippen LogP contribution in [0.25, 0.3) is 11.3 Å². The number of hydrogen-bond acceptors (Lipinski definition) is 3. The molecule has 3 heteroatoms. The van der Waals surface area contributed by atoms with Gasteiger partial charge in [-0.1, -0.05) is 48.5 Å². The zero-order chi connectivity index (χ0) is 16.7. The first-order valence-corrected chi connectivity index (χ1v) is 9.15. The molecule has 1 saturated carbocycles. The van der Waals surface area contributed by atoms with Crippen LogP contribution in [-0.2, 0) is 12.0 Å². The van der Waals surface area contributed by atoms with Crippen LogP contribution in [-0.4, -0.2) is 4.98 Å². The van der Waals surface area contributed by atoms with E-state index in [4.69, 9.17) is 4.42 Å². The third kappa shape index (κ3) is 2.69. The van der Waals surface area contributed by atoms with E-state index in [1.54, 1.807) is 11.8 Å². The fourth-order valence-electron chi connectivity index (χ4n) is 4.26. The molecule has 1 N–H and O–H groups in total. The number of hydrogen-bond donors (Lipinski definition) is 1. The largest absolute Gasteiger partial charge is 0.444 e. The molecule has 0 bridgehead atoms. The number of nitrogens with zero attached hydrogens (tertiary/aromatic N) is 1. The summed E-state index contributed by atoms with van der Waals surface area (Å²) >= 11 is 0. The summed E-state index contributed by atoms with van der Waals surface area (Å²) in [5.74, 6) is 0.815. The third-order valence-corrected chi connectivity index (χ3v) is 5.90. The van der Waals surface area contributed by atoms with Gasteiger partial charge in [0.15, 0.2) is 12.2 Å². The normalized spacial score (nSPS) is 20.4. The predicted molar refractivity (Wildman–Crippen MR) is 98.1 cm³/mol. The number of rotatable bonds is 4. The lowest BCUT2D eigenvalue weighted by molar-refractivity contribution is 0.411. The van der Waals surface area contributed by atoms with Gasteiger partial charge in [-0.15, -0.1) is 0 Å². The number of oxazole rings is 1. The first-order valence-electron chi connectivity index (χ1n) is 9.15. The van der Waals surface area contributed by atoms with Crippen LogP contribution in [0, 0.1) is 0 Å². The molecule has 25 heavy (non-hydrogen) atoms. The summed E-state index contributed by atoms with van der Waals surface area (Å²) < 4.78 is 5.35. The van der Waals surface area contributed by atoms with Gasteiger partial charge >= 0.3 is 0 Å². The lowest BCUT2D eigenvalue weighted by Crippen LogP contribution is -2.29. The van der Waals surface area contributed by atoms with Crippen molar-refractivity contribution in [3.63, 3.8) is 0 Å². The van der Waals surface area contributed by atoms with Crippen LogP contribution in [0.15, 0.2) is 65.5 Å². The molecule has 0 aliphatic heterocycles. The maximum Gasteiger partial charge on any atom is 0.181 e. The monoisotopic (exact) mass is 330 g/mol. The van der Waals surface area contributed by atoms with Crippen LogP contribution in [0.3, 0.4) is 0 Å². The van der Waals surface area contributed by atoms with Crippen molar-refractivity contribution in [2.45, 2.75) is 43.7 Å². The Morgan fingerprint density at radius 1 is 1.04 bits per heavy atom. The van der Waals surface area contributed by atoms with E-state index in [1.807, 2.05) is 0 Å². The second-order valence-electron chi connectivity index (χ2n) is 7.40. The average Bonchev–Trinajstić information content (AvgIpc) is 3.23. The number of aromatic nitrogens is 1. The summed E-state index contributed by atoms with van der Waals surface area (Å²) in [6.45, 7) is 0.892. The highest BCUT2D eigenvalue weighted by Gasteiger charge is 2.48. The Morgan fingerprint density at radius 2 is 1.88 bits per heavy atom. The van der Waals surface area contributed by atoms with E-state index in [2.05, 4.69) is 58.8 Å². The first-order chi connectivity index (χ1) is 12.3. The predicted octanol–water partition coefficient (Wildman–Crippen LogP) is 5.00. The summed E-state index contributed by atoms with van der Waals surface area (Å²) in [6, 6.07) is 18.1. The van der Waals surface area contributed by atoms with Gasteiger partial charge in [0.05, 0.1) is 6.20 Å². The van der Waals surface area contributed by atoms with E-state index in [1.165, 1.54) is 43.2 Å². The molecule has 1 aromatic heterocycles. The number of fused-ring (bicyclic) bond motifs is 2. The van der Waals surface area contributed by atoms with Gasteiger partial charge in [-0.05, 0) is 47.8 Å². The second-order valence-corrected chi connectivity index (χ2v) is 7.40. The molecular formula is C22H22N2O. The van der Waals surface area contributed by atoms with Gasteiger partial charge in [0, 0.05) is 18.2 Å². The zero-order valence-corrected chi connectivity index (χ0v) is 14.2. The summed E-state index contributed by atoms with van der Waals surface area (Å²) in [5, 5.41) is 3.78. The van der Waals surface area contributed by atoms with E-state index in [-0.39, 0.29) is 0 Å². The molecule has 3 nitrogen and oxygen atoms in total. The van der Waals surface area contributed by atoms with Crippen LogP contribution >= 0.6 is 0 Å². The van der Waals surface area contributed by atoms with Crippen LogP contribution in [0.4, 0.5) is 0 Å². The highest BCUT2D eigenvalue weighted by molar-refractivity contribution is 5.56. The fourth-order valence-corrected chi connectivity index (χ4v) is 4.26. The van der Waals surface area contributed by atoms with Gasteiger partial charge in [-0.25, -0.2) is 4.98 Å². The van der Waals surface area contributed by atoms with E-state index in [0.29, 0.717) is 11.5 Å². The van der Waals surface area contributed by atoms with Crippen molar-refractivity contribution in [2.75, 3.05) is 0 Å². The molecule has 3 aromatic rings. The van der Waals surface area contributed by atoms with Crippen molar-refractivity contribution in [2.24, 2.45) is 0 Å². The van der Waals surface area contributed by atoms with Crippen molar-refractivity contribution in [1.82, 2.24) is 10.3 Å². The smallest absolute Gasteiger partial charge is 0.181 e. The minimum atomic E-state index is 0.469. The quantitative estimate of drug-likeness (QED) is 0.732. The molecule has 2 aliphatic rings. The molecule has 1 heterocycles. The van der Waals surface area contributed by atoms with Gasteiger partial charge in [-0.3, -0.25) is 0 Å². The van der Waals surface area contributed by atoms with Crippen LogP contribution < -0.4 is 5.32 Å². The Hall–Kier alpha value is -2.39. The molecule has 1 fully saturated rings. The minimum absolute atomic E-state index is 0.469. The molecule has 2 aliphatic carbocycles. The van der Waals surface area contributed by atoms with Crippen molar-refractivity contribution < 1.29 is 4.42 Å². The van der Waals surface area contributed by atoms with E-state index in [9.17, 15) is 0 Å². The Balaban J connectivity index is 1.30. The van der Waals surface area contributed by atoms with E-state index >= 15 is 0 Å². The number of nitrogens with one attached hydrogen (secondary N) is 1. The second kappa shape index (κ2) is 5.85. The van der Waals surface area contributed by atoms with Crippen LogP contribution in [0.5, 0.6) is 0 Å². The topological polar surface area (TPSA) is 38.1 Å². The van der Waals surface area contributed by atoms with Crippen LogP contribution in [0.1, 0.15) is 48.4 Å². The van der Waals surface area contributed by atoms with E-state index in [0.717, 1.165) is 17.9 Å². The highest BCUT2D eigenvalue weighted by Crippen LogP contribution is 2.57. The van der Waals surface area contributed by atoms with E-state index < -0.39 is 0 Å². The number of benzene rings is 2. The average molecular weight is 330 g/mol. The summed E-state index contributed by atoms with van der Waals surface area (Å²) in [7, 11) is 0. The van der Waals surface area contributed by atoms with Gasteiger partial charge in [-0.2, -0.15) is 0 Å². The Labute approximate surface area is 148 Å². The third-order valence-electron chi connectivity index (χ3n) is 5.90. The molecule has 126 valence electrons. The van der Waals surface area contributed by atoms with Crippen LogP contribution in [0.2, 0.25) is 0 Å². The first kappa shape index (κ1) is 14.9. The molecule has 5 rings (SSSR count). The van der Waals surface area contributed by atoms with Gasteiger partial charge in [0.1, 0.15) is 0 Å². The summed E-state index contributed by atoms with van der Waals surface area (Å²) in [6.07, 6.45) is 8.54. The molecule has 0 amide bonds. The maximum absolute atomic E-state index is 5.35. The lowest BCUT2D eigenvalue weighted by atomic mass is 9.77. The molecule has 2 aromatic carbocycles. The SMILES string of the molecule is c1ccc2c(c1)C(NCc1ccc(-c3cnco3)cc1)CCC21CC1. The zero-order valence-electron chi connectivity index (χ0n) is 14.2. The molecule has 1 atom stereocenters. The van der Waals surface area contributed by atoms with Crippen molar-refractivity contribution in [3.05, 3.63) is 77.8 Å². The molecule has 0 radical (unpaired) electrons. The summed E-state index contributed by atoms with van der Waals surface area (Å²) in [5.41, 5.74) is 6.00. The van der Waals surface area contributed by atoms with Crippen molar-refractivity contribution >= 4 is 0 Å².